The van der Waals surface area contributed by atoms with Crippen molar-refractivity contribution >= 4 is 28.9 Å². The van der Waals surface area contributed by atoms with E-state index in [-0.39, 0.29) is 6.10 Å². The fourth-order valence-electron chi connectivity index (χ4n) is 3.95. The smallest absolute Gasteiger partial charge is 0.145 e. The van der Waals surface area contributed by atoms with Gasteiger partial charge in [0.15, 0.2) is 0 Å². The molecule has 0 saturated carbocycles. The quantitative estimate of drug-likeness (QED) is 0.444. The van der Waals surface area contributed by atoms with Crippen LogP contribution < -0.4 is 0 Å². The summed E-state index contributed by atoms with van der Waals surface area (Å²) in [6, 6.07) is 25.8. The SMILES string of the molecule is OC(Cc1ccccc1)CN(Cc1ccccc1)CC1CC(c2ccc(Cl)c(Cl)c2)=NO1. The van der Waals surface area contributed by atoms with E-state index in [1.54, 1.807) is 6.07 Å². The molecule has 4 rings (SSSR count). The number of oxime groups is 1. The van der Waals surface area contributed by atoms with Crippen molar-refractivity contribution in [1.29, 1.82) is 0 Å². The van der Waals surface area contributed by atoms with Gasteiger partial charge in [-0.2, -0.15) is 0 Å². The zero-order chi connectivity index (χ0) is 22.3. The number of aliphatic hydroxyl groups is 1. The first-order valence-corrected chi connectivity index (χ1v) is 11.5. The maximum atomic E-state index is 10.8. The predicted octanol–water partition coefficient (Wildman–Crippen LogP) is 5.59. The van der Waals surface area contributed by atoms with Crippen LogP contribution in [0.2, 0.25) is 10.0 Å². The minimum atomic E-state index is -0.474. The third-order valence-electron chi connectivity index (χ3n) is 5.48. The van der Waals surface area contributed by atoms with Gasteiger partial charge >= 0.3 is 0 Å². The summed E-state index contributed by atoms with van der Waals surface area (Å²) in [5.41, 5.74) is 4.10. The topological polar surface area (TPSA) is 45.1 Å². The molecule has 0 amide bonds. The van der Waals surface area contributed by atoms with Crippen LogP contribution in [0.3, 0.4) is 0 Å². The molecule has 1 aliphatic rings. The van der Waals surface area contributed by atoms with E-state index < -0.39 is 6.10 Å². The van der Waals surface area contributed by atoms with Gasteiger partial charge in [0.25, 0.3) is 0 Å². The lowest BCUT2D eigenvalue weighted by molar-refractivity contribution is 0.0322. The van der Waals surface area contributed by atoms with Crippen molar-refractivity contribution in [2.75, 3.05) is 13.1 Å². The highest BCUT2D eigenvalue weighted by atomic mass is 35.5. The van der Waals surface area contributed by atoms with Gasteiger partial charge < -0.3 is 9.94 Å². The van der Waals surface area contributed by atoms with Gasteiger partial charge in [0.2, 0.25) is 0 Å². The maximum Gasteiger partial charge on any atom is 0.145 e. The number of benzene rings is 3. The first-order chi connectivity index (χ1) is 15.6. The Labute approximate surface area is 199 Å². The molecule has 0 fully saturated rings. The second kappa shape index (κ2) is 11.0. The van der Waals surface area contributed by atoms with Crippen LogP contribution in [-0.4, -0.2) is 41.0 Å². The molecule has 2 atom stereocenters. The number of hydrogen-bond donors (Lipinski definition) is 1. The van der Waals surface area contributed by atoms with E-state index in [1.807, 2.05) is 60.7 Å². The van der Waals surface area contributed by atoms with Crippen LogP contribution in [0, 0.1) is 0 Å². The fraction of sp³-hybridized carbons (Fsp3) is 0.269. The van der Waals surface area contributed by atoms with E-state index in [0.717, 1.165) is 23.4 Å². The lowest BCUT2D eigenvalue weighted by Gasteiger charge is -2.27. The summed E-state index contributed by atoms with van der Waals surface area (Å²) < 4.78 is 0. The normalized spacial score (nSPS) is 16.6. The van der Waals surface area contributed by atoms with Crippen LogP contribution in [0.4, 0.5) is 0 Å². The molecule has 0 bridgehead atoms. The highest BCUT2D eigenvalue weighted by Gasteiger charge is 2.26. The van der Waals surface area contributed by atoms with Gasteiger partial charge in [0, 0.05) is 31.6 Å². The highest BCUT2D eigenvalue weighted by molar-refractivity contribution is 6.42. The van der Waals surface area contributed by atoms with Gasteiger partial charge in [-0.1, -0.05) is 95.1 Å². The Morgan fingerprint density at radius 1 is 0.938 bits per heavy atom. The Morgan fingerprint density at radius 3 is 2.31 bits per heavy atom. The largest absolute Gasteiger partial charge is 0.391 e. The molecule has 32 heavy (non-hydrogen) atoms. The second-order valence-corrected chi connectivity index (χ2v) is 8.94. The zero-order valence-electron chi connectivity index (χ0n) is 17.7. The average Bonchev–Trinajstić information content (AvgIpc) is 3.25. The van der Waals surface area contributed by atoms with Crippen molar-refractivity contribution in [3.8, 4) is 0 Å². The van der Waals surface area contributed by atoms with E-state index in [0.29, 0.717) is 36.0 Å². The molecule has 4 nitrogen and oxygen atoms in total. The molecular weight excluding hydrogens is 443 g/mol. The second-order valence-electron chi connectivity index (χ2n) is 8.12. The minimum Gasteiger partial charge on any atom is -0.391 e. The predicted molar refractivity (Wildman–Crippen MR) is 130 cm³/mol. The van der Waals surface area contributed by atoms with Crippen LogP contribution in [-0.2, 0) is 17.8 Å². The Hall–Kier alpha value is -2.37. The Morgan fingerprint density at radius 2 is 1.62 bits per heavy atom. The van der Waals surface area contributed by atoms with Crippen LogP contribution >= 0.6 is 23.2 Å². The Kier molecular flexibility index (Phi) is 7.82. The summed E-state index contributed by atoms with van der Waals surface area (Å²) in [6.07, 6.45) is 0.728. The molecule has 0 aromatic heterocycles. The van der Waals surface area contributed by atoms with Crippen molar-refractivity contribution in [3.05, 3.63) is 106 Å². The van der Waals surface area contributed by atoms with E-state index in [4.69, 9.17) is 28.0 Å². The van der Waals surface area contributed by atoms with Gasteiger partial charge in [-0.3, -0.25) is 4.90 Å². The molecule has 0 aliphatic carbocycles. The monoisotopic (exact) mass is 468 g/mol. The van der Waals surface area contributed by atoms with E-state index >= 15 is 0 Å². The van der Waals surface area contributed by atoms with Crippen molar-refractivity contribution < 1.29 is 9.94 Å². The lowest BCUT2D eigenvalue weighted by Crippen LogP contribution is -2.38. The number of aliphatic hydroxyl groups excluding tert-OH is 1. The summed E-state index contributed by atoms with van der Waals surface area (Å²) in [4.78, 5) is 7.98. The molecule has 1 N–H and O–H groups in total. The molecule has 2 unspecified atom stereocenters. The zero-order valence-corrected chi connectivity index (χ0v) is 19.2. The van der Waals surface area contributed by atoms with Crippen LogP contribution in [0.1, 0.15) is 23.1 Å². The van der Waals surface area contributed by atoms with E-state index in [2.05, 4.69) is 22.2 Å². The first kappa shape index (κ1) is 22.8. The van der Waals surface area contributed by atoms with Crippen molar-refractivity contribution in [2.45, 2.75) is 31.6 Å². The fourth-order valence-corrected chi connectivity index (χ4v) is 4.25. The summed E-state index contributed by atoms with van der Waals surface area (Å²) >= 11 is 12.2. The molecule has 6 heteroatoms. The molecule has 3 aromatic carbocycles. The number of hydrogen-bond acceptors (Lipinski definition) is 4. The Balaban J connectivity index is 1.40. The van der Waals surface area contributed by atoms with Crippen molar-refractivity contribution in [1.82, 2.24) is 4.90 Å². The standard InChI is InChI=1S/C26H26Cl2N2O2/c27-24-12-11-21(14-25(24)28)26-15-23(32-29-26)18-30(16-20-9-5-2-6-10-20)17-22(31)13-19-7-3-1-4-8-19/h1-12,14,22-23,31H,13,15-18H2. The number of halogens is 2. The molecule has 3 aromatic rings. The first-order valence-electron chi connectivity index (χ1n) is 10.7. The summed E-state index contributed by atoms with van der Waals surface area (Å²) in [5, 5.41) is 16.1. The van der Waals surface area contributed by atoms with Crippen LogP contribution in [0.5, 0.6) is 0 Å². The third-order valence-corrected chi connectivity index (χ3v) is 6.22. The van der Waals surface area contributed by atoms with Crippen LogP contribution in [0.15, 0.2) is 84.0 Å². The number of rotatable bonds is 9. The van der Waals surface area contributed by atoms with Crippen molar-refractivity contribution in [3.63, 3.8) is 0 Å². The van der Waals surface area contributed by atoms with Crippen LogP contribution in [0.25, 0.3) is 0 Å². The molecular formula is C26H26Cl2N2O2. The van der Waals surface area contributed by atoms with Gasteiger partial charge in [0.05, 0.1) is 21.9 Å². The molecule has 0 radical (unpaired) electrons. The number of nitrogens with zero attached hydrogens (tertiary/aromatic N) is 2. The maximum absolute atomic E-state index is 10.8. The Bertz CT molecular complexity index is 1040. The lowest BCUT2D eigenvalue weighted by atomic mass is 10.0. The molecule has 0 saturated heterocycles. The minimum absolute atomic E-state index is 0.0907. The van der Waals surface area contributed by atoms with Gasteiger partial charge in [0.1, 0.15) is 6.10 Å². The molecule has 1 aliphatic heterocycles. The van der Waals surface area contributed by atoms with Crippen molar-refractivity contribution in [2.24, 2.45) is 5.16 Å². The highest BCUT2D eigenvalue weighted by Crippen LogP contribution is 2.26. The third kappa shape index (κ3) is 6.33. The van der Waals surface area contributed by atoms with E-state index in [9.17, 15) is 5.11 Å². The van der Waals surface area contributed by atoms with Gasteiger partial charge in [-0.05, 0) is 29.7 Å². The molecule has 1 heterocycles. The average molecular weight is 469 g/mol. The summed E-state index contributed by atoms with van der Waals surface area (Å²) in [7, 11) is 0. The van der Waals surface area contributed by atoms with E-state index in [1.165, 1.54) is 5.56 Å². The summed E-state index contributed by atoms with van der Waals surface area (Å²) in [5.74, 6) is 0. The molecule has 166 valence electrons. The van der Waals surface area contributed by atoms with Gasteiger partial charge in [-0.25, -0.2) is 0 Å². The van der Waals surface area contributed by atoms with Gasteiger partial charge in [-0.15, -0.1) is 0 Å². The molecule has 0 spiro atoms. The summed E-state index contributed by atoms with van der Waals surface area (Å²) in [6.45, 7) is 1.94.